The van der Waals surface area contributed by atoms with Crippen molar-refractivity contribution in [2.45, 2.75) is 5.62 Å². The first-order valence-corrected chi connectivity index (χ1v) is 5.94. The summed E-state index contributed by atoms with van der Waals surface area (Å²) >= 11 is 23.9. The molecule has 0 aromatic heterocycles. The van der Waals surface area contributed by atoms with Crippen LogP contribution in [0.15, 0.2) is 35.5 Å². The molecule has 1 heterocycles. The number of rotatable bonds is 1. The summed E-state index contributed by atoms with van der Waals surface area (Å²) in [6.45, 7) is 0. The first-order chi connectivity index (χ1) is 7.59. The van der Waals surface area contributed by atoms with Crippen LogP contribution < -0.4 is 4.90 Å². The maximum atomic E-state index is 6.06. The lowest BCUT2D eigenvalue weighted by Crippen LogP contribution is -2.27. The summed E-state index contributed by atoms with van der Waals surface area (Å²) in [5.74, 6) is 0. The van der Waals surface area contributed by atoms with Crippen molar-refractivity contribution in [3.63, 3.8) is 0 Å². The molecule has 1 aromatic carbocycles. The Morgan fingerprint density at radius 2 is 1.75 bits per heavy atom. The number of benzene rings is 1. The molecular formula is C10H6Cl4N2. The van der Waals surface area contributed by atoms with Gasteiger partial charge in [-0.15, -0.1) is 0 Å². The molecule has 1 unspecified atom stereocenters. The van der Waals surface area contributed by atoms with E-state index in [1.165, 1.54) is 0 Å². The predicted octanol–water partition coefficient (Wildman–Crippen LogP) is 4.49. The van der Waals surface area contributed by atoms with Gasteiger partial charge in [0, 0.05) is 6.20 Å². The standard InChI is InChI=1S/C10H6Cl4N2/c11-6-2-1-3-7(12)9(6)16-5-4-8(13)15-10(16)14/h1-5,10H. The fraction of sp³-hybridized carbons (Fsp3) is 0.100. The van der Waals surface area contributed by atoms with Crippen molar-refractivity contribution in [2.75, 3.05) is 4.90 Å². The summed E-state index contributed by atoms with van der Waals surface area (Å²) in [7, 11) is 0. The van der Waals surface area contributed by atoms with Gasteiger partial charge in [-0.3, -0.25) is 0 Å². The fourth-order valence-electron chi connectivity index (χ4n) is 1.34. The molecule has 0 N–H and O–H groups in total. The molecule has 0 amide bonds. The molecule has 0 fully saturated rings. The molecule has 1 aliphatic heterocycles. The Balaban J connectivity index is 2.43. The second kappa shape index (κ2) is 4.84. The molecule has 0 radical (unpaired) electrons. The molecule has 0 bridgehead atoms. The molecule has 2 rings (SSSR count). The van der Waals surface area contributed by atoms with Crippen LogP contribution in [0.4, 0.5) is 5.69 Å². The smallest absolute Gasteiger partial charge is 0.203 e. The highest BCUT2D eigenvalue weighted by Gasteiger charge is 2.21. The summed E-state index contributed by atoms with van der Waals surface area (Å²) < 4.78 is 0. The van der Waals surface area contributed by atoms with Gasteiger partial charge >= 0.3 is 0 Å². The molecule has 1 aromatic rings. The molecule has 1 atom stereocenters. The van der Waals surface area contributed by atoms with Gasteiger partial charge in [0.2, 0.25) is 5.62 Å². The molecule has 0 saturated heterocycles. The first-order valence-electron chi connectivity index (χ1n) is 4.37. The second-order valence-corrected chi connectivity index (χ2v) is 4.65. The lowest BCUT2D eigenvalue weighted by Gasteiger charge is -2.27. The monoisotopic (exact) mass is 294 g/mol. The van der Waals surface area contributed by atoms with E-state index in [0.717, 1.165) is 0 Å². The van der Waals surface area contributed by atoms with Gasteiger partial charge in [0.15, 0.2) is 0 Å². The summed E-state index contributed by atoms with van der Waals surface area (Å²) in [5, 5.41) is 1.37. The minimum atomic E-state index is -0.644. The Morgan fingerprint density at radius 3 is 2.31 bits per heavy atom. The Morgan fingerprint density at radius 1 is 1.12 bits per heavy atom. The SMILES string of the molecule is ClC1=NC(Cl)N(c2c(Cl)cccc2Cl)C=C1. The topological polar surface area (TPSA) is 15.6 Å². The highest BCUT2D eigenvalue weighted by atomic mass is 35.5. The Labute approximate surface area is 113 Å². The molecule has 6 heteroatoms. The van der Waals surface area contributed by atoms with Crippen molar-refractivity contribution in [1.29, 1.82) is 0 Å². The van der Waals surface area contributed by atoms with Gasteiger partial charge in [0.25, 0.3) is 0 Å². The lowest BCUT2D eigenvalue weighted by molar-refractivity contribution is 0.892. The Kier molecular flexibility index (Phi) is 3.65. The van der Waals surface area contributed by atoms with Crippen molar-refractivity contribution in [3.8, 4) is 0 Å². The van der Waals surface area contributed by atoms with Gasteiger partial charge in [0.05, 0.1) is 15.7 Å². The Bertz CT molecular complexity index is 450. The van der Waals surface area contributed by atoms with Gasteiger partial charge in [-0.05, 0) is 18.2 Å². The van der Waals surface area contributed by atoms with Crippen molar-refractivity contribution in [3.05, 3.63) is 40.5 Å². The molecule has 84 valence electrons. The maximum absolute atomic E-state index is 6.06. The number of hydrogen-bond donors (Lipinski definition) is 0. The number of halogens is 4. The number of nitrogens with zero attached hydrogens (tertiary/aromatic N) is 2. The van der Waals surface area contributed by atoms with Crippen LogP contribution in [-0.4, -0.2) is 10.8 Å². The van der Waals surface area contributed by atoms with E-state index in [0.29, 0.717) is 20.9 Å². The average Bonchev–Trinajstić information content (AvgIpc) is 2.20. The molecule has 0 saturated carbocycles. The predicted molar refractivity (Wildman–Crippen MR) is 71.0 cm³/mol. The van der Waals surface area contributed by atoms with Crippen LogP contribution in [0.5, 0.6) is 0 Å². The molecular weight excluding hydrogens is 290 g/mol. The summed E-state index contributed by atoms with van der Waals surface area (Å²) in [6, 6.07) is 5.24. The number of hydrogen-bond acceptors (Lipinski definition) is 2. The lowest BCUT2D eigenvalue weighted by atomic mass is 10.3. The highest BCUT2D eigenvalue weighted by Crippen LogP contribution is 2.36. The largest absolute Gasteiger partial charge is 0.310 e. The minimum Gasteiger partial charge on any atom is -0.310 e. The zero-order chi connectivity index (χ0) is 11.7. The van der Waals surface area contributed by atoms with Crippen molar-refractivity contribution in [2.24, 2.45) is 4.99 Å². The third kappa shape index (κ3) is 2.30. The van der Waals surface area contributed by atoms with Gasteiger partial charge in [-0.1, -0.05) is 52.5 Å². The highest BCUT2D eigenvalue weighted by molar-refractivity contribution is 6.68. The number of anilines is 1. The third-order valence-corrected chi connectivity index (χ3v) is 3.17. The van der Waals surface area contributed by atoms with Crippen LogP contribution in [0.2, 0.25) is 10.0 Å². The van der Waals surface area contributed by atoms with Crippen LogP contribution in [-0.2, 0) is 0 Å². The quantitative estimate of drug-likeness (QED) is 0.551. The van der Waals surface area contributed by atoms with E-state index in [2.05, 4.69) is 4.99 Å². The number of allylic oxidation sites excluding steroid dienone is 1. The van der Waals surface area contributed by atoms with Crippen LogP contribution in [0.1, 0.15) is 0 Å². The van der Waals surface area contributed by atoms with Crippen LogP contribution in [0.3, 0.4) is 0 Å². The van der Waals surface area contributed by atoms with Gasteiger partial charge in [-0.25, -0.2) is 4.99 Å². The summed E-state index contributed by atoms with van der Waals surface area (Å²) in [6.07, 6.45) is 3.32. The summed E-state index contributed by atoms with van der Waals surface area (Å²) in [5.41, 5.74) is -0.0232. The van der Waals surface area contributed by atoms with Crippen molar-refractivity contribution in [1.82, 2.24) is 0 Å². The average molecular weight is 296 g/mol. The number of aliphatic imine (C=N–C) groups is 1. The van der Waals surface area contributed by atoms with E-state index >= 15 is 0 Å². The zero-order valence-electron chi connectivity index (χ0n) is 7.87. The van der Waals surface area contributed by atoms with E-state index < -0.39 is 5.62 Å². The maximum Gasteiger partial charge on any atom is 0.203 e. The van der Waals surface area contributed by atoms with Gasteiger partial charge in [-0.2, -0.15) is 0 Å². The van der Waals surface area contributed by atoms with Gasteiger partial charge in [0.1, 0.15) is 5.17 Å². The van der Waals surface area contributed by atoms with E-state index in [-0.39, 0.29) is 0 Å². The molecule has 0 aliphatic carbocycles. The van der Waals surface area contributed by atoms with Crippen LogP contribution in [0, 0.1) is 0 Å². The van der Waals surface area contributed by atoms with Gasteiger partial charge < -0.3 is 4.90 Å². The van der Waals surface area contributed by atoms with Crippen molar-refractivity contribution < 1.29 is 0 Å². The minimum absolute atomic E-state index is 0.347. The molecule has 2 nitrogen and oxygen atoms in total. The third-order valence-electron chi connectivity index (χ3n) is 2.03. The van der Waals surface area contributed by atoms with Crippen LogP contribution in [0.25, 0.3) is 0 Å². The van der Waals surface area contributed by atoms with E-state index in [1.54, 1.807) is 35.4 Å². The van der Waals surface area contributed by atoms with E-state index in [9.17, 15) is 0 Å². The Hall–Kier alpha value is -0.410. The second-order valence-electron chi connectivity index (χ2n) is 3.06. The molecule has 1 aliphatic rings. The summed E-state index contributed by atoms with van der Waals surface area (Å²) in [4.78, 5) is 5.64. The normalized spacial score (nSPS) is 19.9. The zero-order valence-corrected chi connectivity index (χ0v) is 10.9. The fourth-order valence-corrected chi connectivity index (χ4v) is 2.40. The van der Waals surface area contributed by atoms with E-state index in [1.807, 2.05) is 0 Å². The molecule has 0 spiro atoms. The number of alkyl halides is 1. The first kappa shape index (κ1) is 12.1. The molecule has 16 heavy (non-hydrogen) atoms. The van der Waals surface area contributed by atoms with Crippen LogP contribution >= 0.6 is 46.4 Å². The van der Waals surface area contributed by atoms with Crippen molar-refractivity contribution >= 4 is 57.3 Å². The van der Waals surface area contributed by atoms with E-state index in [4.69, 9.17) is 46.4 Å². The number of para-hydroxylation sites is 1.